The van der Waals surface area contributed by atoms with Crippen LogP contribution in [0.15, 0.2) is 57.9 Å². The standard InChI is InChI=1S/C19H20BrFN2O4S/c20-15-3-1-5-17(13-15)27-12-7-19(24)22-8-10-23(11-9-22)28(25,26)18-6-2-4-16(21)14-18/h1-6,13-14H,7-12H2. The molecular formula is C19H20BrFN2O4S. The molecule has 0 saturated carbocycles. The molecule has 3 rings (SSSR count). The molecule has 0 radical (unpaired) electrons. The predicted molar refractivity (Wildman–Crippen MR) is 106 cm³/mol. The Kier molecular flexibility index (Phi) is 6.69. The largest absolute Gasteiger partial charge is 0.493 e. The van der Waals surface area contributed by atoms with Crippen LogP contribution >= 0.6 is 15.9 Å². The summed E-state index contributed by atoms with van der Waals surface area (Å²) < 4.78 is 46.3. The summed E-state index contributed by atoms with van der Waals surface area (Å²) in [5, 5.41) is 0. The van der Waals surface area contributed by atoms with Gasteiger partial charge in [-0.25, -0.2) is 12.8 Å². The highest BCUT2D eigenvalue weighted by Crippen LogP contribution is 2.20. The quantitative estimate of drug-likeness (QED) is 0.650. The molecule has 6 nitrogen and oxygen atoms in total. The molecular weight excluding hydrogens is 451 g/mol. The van der Waals surface area contributed by atoms with Crippen LogP contribution in [0.5, 0.6) is 5.75 Å². The van der Waals surface area contributed by atoms with Crippen molar-refractivity contribution < 1.29 is 22.3 Å². The van der Waals surface area contributed by atoms with Gasteiger partial charge in [-0.3, -0.25) is 4.79 Å². The Labute approximate surface area is 172 Å². The maximum absolute atomic E-state index is 13.3. The lowest BCUT2D eigenvalue weighted by Crippen LogP contribution is -2.50. The van der Waals surface area contributed by atoms with E-state index in [2.05, 4.69) is 15.9 Å². The molecule has 9 heteroatoms. The molecule has 0 spiro atoms. The van der Waals surface area contributed by atoms with E-state index in [1.807, 2.05) is 24.3 Å². The molecule has 0 N–H and O–H groups in total. The molecule has 0 bridgehead atoms. The summed E-state index contributed by atoms with van der Waals surface area (Å²) in [6, 6.07) is 12.3. The van der Waals surface area contributed by atoms with E-state index in [1.54, 1.807) is 4.90 Å². The van der Waals surface area contributed by atoms with Gasteiger partial charge >= 0.3 is 0 Å². The number of carbonyl (C=O) groups is 1. The first kappa shape index (κ1) is 20.8. The lowest BCUT2D eigenvalue weighted by atomic mass is 10.3. The number of nitrogens with zero attached hydrogens (tertiary/aromatic N) is 2. The van der Waals surface area contributed by atoms with Gasteiger partial charge in [-0.1, -0.05) is 28.1 Å². The van der Waals surface area contributed by atoms with E-state index in [9.17, 15) is 17.6 Å². The molecule has 0 unspecified atom stereocenters. The van der Waals surface area contributed by atoms with Crippen molar-refractivity contribution >= 4 is 31.9 Å². The van der Waals surface area contributed by atoms with Crippen molar-refractivity contribution in [3.8, 4) is 5.75 Å². The molecule has 1 saturated heterocycles. The van der Waals surface area contributed by atoms with Crippen molar-refractivity contribution in [1.29, 1.82) is 0 Å². The van der Waals surface area contributed by atoms with E-state index >= 15 is 0 Å². The highest BCUT2D eigenvalue weighted by molar-refractivity contribution is 9.10. The summed E-state index contributed by atoms with van der Waals surface area (Å²) >= 11 is 3.36. The van der Waals surface area contributed by atoms with Crippen LogP contribution in [0.25, 0.3) is 0 Å². The maximum atomic E-state index is 13.3. The van der Waals surface area contributed by atoms with Crippen LogP contribution in [-0.4, -0.2) is 56.3 Å². The normalized spacial score (nSPS) is 15.4. The number of benzene rings is 2. The number of amides is 1. The van der Waals surface area contributed by atoms with Gasteiger partial charge in [0.05, 0.1) is 17.9 Å². The molecule has 28 heavy (non-hydrogen) atoms. The number of carbonyl (C=O) groups excluding carboxylic acids is 1. The van der Waals surface area contributed by atoms with Crippen LogP contribution in [0.1, 0.15) is 6.42 Å². The summed E-state index contributed by atoms with van der Waals surface area (Å²) in [7, 11) is -3.76. The molecule has 0 aromatic heterocycles. The SMILES string of the molecule is O=C(CCOc1cccc(Br)c1)N1CCN(S(=O)(=O)c2cccc(F)c2)CC1. The fourth-order valence-corrected chi connectivity index (χ4v) is 4.76. The zero-order chi connectivity index (χ0) is 20.1. The fourth-order valence-electron chi connectivity index (χ4n) is 2.93. The van der Waals surface area contributed by atoms with Gasteiger partial charge in [0.1, 0.15) is 11.6 Å². The first-order chi connectivity index (χ1) is 13.4. The second kappa shape index (κ2) is 9.02. The molecule has 2 aromatic rings. The van der Waals surface area contributed by atoms with Crippen molar-refractivity contribution in [2.75, 3.05) is 32.8 Å². The summed E-state index contributed by atoms with van der Waals surface area (Å²) in [6.07, 6.45) is 0.211. The van der Waals surface area contributed by atoms with Gasteiger partial charge in [-0.15, -0.1) is 0 Å². The van der Waals surface area contributed by atoms with Gasteiger partial charge in [0.25, 0.3) is 0 Å². The summed E-state index contributed by atoms with van der Waals surface area (Å²) in [6.45, 7) is 1.19. The molecule has 1 heterocycles. The van der Waals surface area contributed by atoms with E-state index in [0.717, 1.165) is 10.5 Å². The van der Waals surface area contributed by atoms with Gasteiger partial charge < -0.3 is 9.64 Å². The third-order valence-electron chi connectivity index (χ3n) is 4.41. The second-order valence-electron chi connectivity index (χ2n) is 6.30. The summed E-state index contributed by atoms with van der Waals surface area (Å²) in [4.78, 5) is 13.9. The Morgan fingerprint density at radius 2 is 1.79 bits per heavy atom. The van der Waals surface area contributed by atoms with Crippen molar-refractivity contribution in [1.82, 2.24) is 9.21 Å². The minimum absolute atomic E-state index is 0.0744. The van der Waals surface area contributed by atoms with Crippen molar-refractivity contribution in [3.05, 3.63) is 58.8 Å². The van der Waals surface area contributed by atoms with Crippen LogP contribution in [-0.2, 0) is 14.8 Å². The topological polar surface area (TPSA) is 66.9 Å². The zero-order valence-electron chi connectivity index (χ0n) is 15.1. The van der Waals surface area contributed by atoms with Crippen LogP contribution in [0, 0.1) is 5.82 Å². The Bertz CT molecular complexity index is 946. The number of rotatable bonds is 6. The minimum Gasteiger partial charge on any atom is -0.493 e. The van der Waals surface area contributed by atoms with Crippen LogP contribution in [0.3, 0.4) is 0 Å². The van der Waals surface area contributed by atoms with E-state index < -0.39 is 15.8 Å². The molecule has 0 atom stereocenters. The third kappa shape index (κ3) is 5.09. The number of hydrogen-bond acceptors (Lipinski definition) is 4. The highest BCUT2D eigenvalue weighted by Gasteiger charge is 2.30. The van der Waals surface area contributed by atoms with E-state index in [4.69, 9.17) is 4.74 Å². The number of piperazine rings is 1. The third-order valence-corrected chi connectivity index (χ3v) is 6.79. The van der Waals surface area contributed by atoms with Crippen molar-refractivity contribution in [2.24, 2.45) is 0 Å². The summed E-state index contributed by atoms with van der Waals surface area (Å²) in [5.41, 5.74) is 0. The molecule has 1 aliphatic rings. The predicted octanol–water partition coefficient (Wildman–Crippen LogP) is 2.89. The van der Waals surface area contributed by atoms with Gasteiger partial charge in [-0.05, 0) is 36.4 Å². The van der Waals surface area contributed by atoms with Crippen molar-refractivity contribution in [3.63, 3.8) is 0 Å². The highest BCUT2D eigenvalue weighted by atomic mass is 79.9. The molecule has 1 fully saturated rings. The molecule has 0 aliphatic carbocycles. The Balaban J connectivity index is 1.50. The lowest BCUT2D eigenvalue weighted by Gasteiger charge is -2.34. The smallest absolute Gasteiger partial charge is 0.243 e. The maximum Gasteiger partial charge on any atom is 0.243 e. The van der Waals surface area contributed by atoms with Gasteiger partial charge in [0, 0.05) is 30.7 Å². The second-order valence-corrected chi connectivity index (χ2v) is 9.15. The minimum atomic E-state index is -3.76. The summed E-state index contributed by atoms with van der Waals surface area (Å²) in [5.74, 6) is -0.00804. The van der Waals surface area contributed by atoms with Gasteiger partial charge in [0.15, 0.2) is 0 Å². The average Bonchev–Trinajstić information content (AvgIpc) is 2.68. The number of halogens is 2. The molecule has 1 amide bonds. The van der Waals surface area contributed by atoms with E-state index in [0.29, 0.717) is 18.8 Å². The lowest BCUT2D eigenvalue weighted by molar-refractivity contribution is -0.132. The monoisotopic (exact) mass is 470 g/mol. The number of ether oxygens (including phenoxy) is 1. The number of hydrogen-bond donors (Lipinski definition) is 0. The molecule has 2 aromatic carbocycles. The Hall–Kier alpha value is -1.97. The first-order valence-electron chi connectivity index (χ1n) is 8.78. The molecule has 150 valence electrons. The van der Waals surface area contributed by atoms with Gasteiger partial charge in [0.2, 0.25) is 15.9 Å². The Morgan fingerprint density at radius 3 is 2.46 bits per heavy atom. The van der Waals surface area contributed by atoms with Crippen LogP contribution < -0.4 is 4.74 Å². The van der Waals surface area contributed by atoms with E-state index in [1.165, 1.54) is 22.5 Å². The van der Waals surface area contributed by atoms with E-state index in [-0.39, 0.29) is 36.9 Å². The van der Waals surface area contributed by atoms with Gasteiger partial charge in [-0.2, -0.15) is 4.31 Å². The molecule has 1 aliphatic heterocycles. The first-order valence-corrected chi connectivity index (χ1v) is 11.0. The van der Waals surface area contributed by atoms with Crippen LogP contribution in [0.4, 0.5) is 4.39 Å². The Morgan fingerprint density at radius 1 is 1.07 bits per heavy atom. The fraction of sp³-hybridized carbons (Fsp3) is 0.316. The van der Waals surface area contributed by atoms with Crippen molar-refractivity contribution in [2.45, 2.75) is 11.3 Å². The number of sulfonamides is 1. The average molecular weight is 471 g/mol. The zero-order valence-corrected chi connectivity index (χ0v) is 17.5. The van der Waals surface area contributed by atoms with Crippen LogP contribution in [0.2, 0.25) is 0 Å².